The van der Waals surface area contributed by atoms with E-state index in [1.54, 1.807) is 48.3 Å². The van der Waals surface area contributed by atoms with Crippen LogP contribution in [0.1, 0.15) is 34.0 Å². The van der Waals surface area contributed by atoms with E-state index in [1.165, 1.54) is 11.0 Å². The molecule has 154 valence electrons. The average Bonchev–Trinajstić information content (AvgIpc) is 3.18. The molecule has 3 rings (SSSR count). The van der Waals surface area contributed by atoms with Gasteiger partial charge in [-0.1, -0.05) is 18.2 Å². The number of aromatic nitrogens is 2. The molecule has 0 spiro atoms. The van der Waals surface area contributed by atoms with E-state index < -0.39 is 0 Å². The molecule has 1 aliphatic heterocycles. The van der Waals surface area contributed by atoms with Crippen LogP contribution in [0.3, 0.4) is 0 Å². The van der Waals surface area contributed by atoms with Crippen LogP contribution >= 0.6 is 0 Å². The van der Waals surface area contributed by atoms with Crippen LogP contribution in [0.2, 0.25) is 0 Å². The molecule has 0 saturated carbocycles. The van der Waals surface area contributed by atoms with E-state index in [9.17, 15) is 14.0 Å². The third-order valence-electron chi connectivity index (χ3n) is 5.07. The summed E-state index contributed by atoms with van der Waals surface area (Å²) in [4.78, 5) is 39.2. The lowest BCUT2D eigenvalue weighted by atomic mass is 9.99. The first-order chi connectivity index (χ1) is 13.8. The van der Waals surface area contributed by atoms with Gasteiger partial charge in [-0.05, 0) is 18.1 Å². The Bertz CT molecular complexity index is 916. The second-order valence-corrected chi connectivity index (χ2v) is 7.66. The average molecular weight is 399 g/mol. The predicted molar refractivity (Wildman–Crippen MR) is 108 cm³/mol. The van der Waals surface area contributed by atoms with Crippen molar-refractivity contribution < 1.29 is 14.0 Å². The summed E-state index contributed by atoms with van der Waals surface area (Å²) < 4.78 is 13.9. The molecule has 8 heteroatoms. The molecule has 1 atom stereocenters. The summed E-state index contributed by atoms with van der Waals surface area (Å²) in [6.07, 6.45) is 2.28. The van der Waals surface area contributed by atoms with Gasteiger partial charge in [0.1, 0.15) is 5.82 Å². The van der Waals surface area contributed by atoms with E-state index in [-0.39, 0.29) is 30.0 Å². The van der Waals surface area contributed by atoms with Gasteiger partial charge in [0.2, 0.25) is 11.9 Å². The van der Waals surface area contributed by atoms with Crippen molar-refractivity contribution in [3.63, 3.8) is 0 Å². The fourth-order valence-electron chi connectivity index (χ4n) is 3.44. The zero-order chi connectivity index (χ0) is 21.1. The molecule has 1 unspecified atom stereocenters. The van der Waals surface area contributed by atoms with Crippen LogP contribution in [-0.4, -0.2) is 72.9 Å². The minimum Gasteiger partial charge on any atom is -0.347 e. The van der Waals surface area contributed by atoms with E-state index in [0.717, 1.165) is 0 Å². The summed E-state index contributed by atoms with van der Waals surface area (Å²) in [6.45, 7) is 1.000. The van der Waals surface area contributed by atoms with Crippen LogP contribution in [0.25, 0.3) is 0 Å². The Balaban J connectivity index is 1.81. The SMILES string of the molecule is CN(C)C(=O)c1cnc(N(C)C)nc1C1CCN(C(=O)Cc2ccccc2F)C1. The van der Waals surface area contributed by atoms with Crippen molar-refractivity contribution in [1.29, 1.82) is 0 Å². The van der Waals surface area contributed by atoms with Crippen LogP contribution in [0.4, 0.5) is 10.3 Å². The molecule has 1 saturated heterocycles. The lowest BCUT2D eigenvalue weighted by molar-refractivity contribution is -0.129. The molecular formula is C21H26FN5O2. The van der Waals surface area contributed by atoms with Gasteiger partial charge in [0.05, 0.1) is 17.7 Å². The monoisotopic (exact) mass is 399 g/mol. The van der Waals surface area contributed by atoms with E-state index in [2.05, 4.69) is 9.97 Å². The number of anilines is 1. The van der Waals surface area contributed by atoms with Crippen molar-refractivity contribution in [3.8, 4) is 0 Å². The van der Waals surface area contributed by atoms with E-state index >= 15 is 0 Å². The number of nitrogens with zero attached hydrogens (tertiary/aromatic N) is 5. The number of halogens is 1. The maximum Gasteiger partial charge on any atom is 0.256 e. The van der Waals surface area contributed by atoms with Crippen LogP contribution in [0, 0.1) is 5.82 Å². The van der Waals surface area contributed by atoms with Crippen molar-refractivity contribution in [3.05, 3.63) is 53.1 Å². The minimum atomic E-state index is -0.373. The summed E-state index contributed by atoms with van der Waals surface area (Å²) in [5, 5.41) is 0. The van der Waals surface area contributed by atoms with Gasteiger partial charge in [-0.15, -0.1) is 0 Å². The largest absolute Gasteiger partial charge is 0.347 e. The molecule has 1 aromatic heterocycles. The highest BCUT2D eigenvalue weighted by Crippen LogP contribution is 2.30. The quantitative estimate of drug-likeness (QED) is 0.769. The zero-order valence-corrected chi connectivity index (χ0v) is 17.2. The summed E-state index contributed by atoms with van der Waals surface area (Å²) in [7, 11) is 7.05. The highest BCUT2D eigenvalue weighted by Gasteiger charge is 2.32. The van der Waals surface area contributed by atoms with E-state index in [4.69, 9.17) is 0 Å². The fourth-order valence-corrected chi connectivity index (χ4v) is 3.44. The van der Waals surface area contributed by atoms with Gasteiger partial charge >= 0.3 is 0 Å². The maximum absolute atomic E-state index is 13.9. The molecule has 0 radical (unpaired) electrons. The molecule has 0 N–H and O–H groups in total. The second-order valence-electron chi connectivity index (χ2n) is 7.66. The number of hydrogen-bond donors (Lipinski definition) is 0. The molecule has 7 nitrogen and oxygen atoms in total. The number of benzene rings is 1. The van der Waals surface area contributed by atoms with E-state index in [0.29, 0.717) is 42.3 Å². The highest BCUT2D eigenvalue weighted by atomic mass is 19.1. The Labute approximate surface area is 170 Å². The number of hydrogen-bond acceptors (Lipinski definition) is 5. The van der Waals surface area contributed by atoms with Crippen molar-refractivity contribution in [1.82, 2.24) is 19.8 Å². The molecule has 0 aliphatic carbocycles. The van der Waals surface area contributed by atoms with Crippen molar-refractivity contribution in [2.24, 2.45) is 0 Å². The first kappa shape index (κ1) is 20.7. The third kappa shape index (κ3) is 4.52. The molecular weight excluding hydrogens is 373 g/mol. The van der Waals surface area contributed by atoms with Gasteiger partial charge in [-0.25, -0.2) is 14.4 Å². The molecule has 0 bridgehead atoms. The van der Waals surface area contributed by atoms with Crippen LogP contribution in [0.5, 0.6) is 0 Å². The standard InChI is InChI=1S/C21H26FN5O2/c1-25(2)20(29)16-12-23-21(26(3)4)24-19(16)15-9-10-27(13-15)18(28)11-14-7-5-6-8-17(14)22/h5-8,12,15H,9-11,13H2,1-4H3. The summed E-state index contributed by atoms with van der Waals surface area (Å²) >= 11 is 0. The Morgan fingerprint density at radius 1 is 1.21 bits per heavy atom. The Hall–Kier alpha value is -3.03. The van der Waals surface area contributed by atoms with Crippen LogP contribution in [0.15, 0.2) is 30.5 Å². The number of carbonyl (C=O) groups excluding carboxylic acids is 2. The maximum atomic E-state index is 13.9. The van der Waals surface area contributed by atoms with Crippen LogP contribution < -0.4 is 4.90 Å². The molecule has 1 aromatic carbocycles. The third-order valence-corrected chi connectivity index (χ3v) is 5.07. The molecule has 2 aromatic rings. The van der Waals surface area contributed by atoms with Crippen molar-refractivity contribution in [2.75, 3.05) is 46.2 Å². The number of likely N-dealkylation sites (tertiary alicyclic amines) is 1. The van der Waals surface area contributed by atoms with Gasteiger partial charge < -0.3 is 14.7 Å². The van der Waals surface area contributed by atoms with Gasteiger partial charge in [-0.2, -0.15) is 0 Å². The smallest absolute Gasteiger partial charge is 0.256 e. The summed E-state index contributed by atoms with van der Waals surface area (Å²) in [6, 6.07) is 6.32. The van der Waals surface area contributed by atoms with E-state index in [1.807, 2.05) is 14.1 Å². The summed E-state index contributed by atoms with van der Waals surface area (Å²) in [5.41, 5.74) is 1.50. The Morgan fingerprint density at radius 2 is 1.93 bits per heavy atom. The number of carbonyl (C=O) groups is 2. The molecule has 29 heavy (non-hydrogen) atoms. The first-order valence-corrected chi connectivity index (χ1v) is 9.55. The molecule has 2 amide bonds. The molecule has 2 heterocycles. The zero-order valence-electron chi connectivity index (χ0n) is 17.2. The number of rotatable bonds is 5. The highest BCUT2D eigenvalue weighted by molar-refractivity contribution is 5.95. The lowest BCUT2D eigenvalue weighted by Crippen LogP contribution is -2.31. The topological polar surface area (TPSA) is 69.6 Å². The van der Waals surface area contributed by atoms with Gasteiger partial charge in [-0.3, -0.25) is 9.59 Å². The van der Waals surface area contributed by atoms with Gasteiger partial charge in [0, 0.05) is 53.4 Å². The Morgan fingerprint density at radius 3 is 2.59 bits per heavy atom. The first-order valence-electron chi connectivity index (χ1n) is 9.55. The lowest BCUT2D eigenvalue weighted by Gasteiger charge is -2.20. The van der Waals surface area contributed by atoms with Crippen LogP contribution in [-0.2, 0) is 11.2 Å². The normalized spacial score (nSPS) is 16.0. The predicted octanol–water partition coefficient (Wildman–Crippen LogP) is 1.94. The molecule has 1 fully saturated rings. The minimum absolute atomic E-state index is 0.0234. The van der Waals surface area contributed by atoms with Gasteiger partial charge in [0.15, 0.2) is 0 Å². The van der Waals surface area contributed by atoms with Crippen molar-refractivity contribution >= 4 is 17.8 Å². The summed E-state index contributed by atoms with van der Waals surface area (Å²) in [5.74, 6) is -0.213. The van der Waals surface area contributed by atoms with Gasteiger partial charge in [0.25, 0.3) is 5.91 Å². The van der Waals surface area contributed by atoms with Crippen molar-refractivity contribution in [2.45, 2.75) is 18.8 Å². The Kier molecular flexibility index (Phi) is 6.10. The molecule has 1 aliphatic rings. The number of amides is 2. The second kappa shape index (κ2) is 8.55. The fraction of sp³-hybridized carbons (Fsp3) is 0.429.